The lowest BCUT2D eigenvalue weighted by atomic mass is 10.2. The number of sulfonamides is 1. The Kier molecular flexibility index (Phi) is 4.08. The van der Waals surface area contributed by atoms with Crippen LogP contribution in [0.4, 0.5) is 4.39 Å². The van der Waals surface area contributed by atoms with Crippen molar-refractivity contribution in [1.82, 2.24) is 4.31 Å². The van der Waals surface area contributed by atoms with Gasteiger partial charge in [0.1, 0.15) is 10.7 Å². The van der Waals surface area contributed by atoms with E-state index in [0.29, 0.717) is 11.0 Å². The summed E-state index contributed by atoms with van der Waals surface area (Å²) in [5.74, 6) is -0.703. The number of halogens is 2. The van der Waals surface area contributed by atoms with E-state index in [1.54, 1.807) is 6.07 Å². The zero-order valence-corrected chi connectivity index (χ0v) is 12.5. The molecule has 0 aromatic heterocycles. The van der Waals surface area contributed by atoms with Crippen molar-refractivity contribution in [3.63, 3.8) is 0 Å². The molecule has 0 saturated carbocycles. The molecule has 1 heterocycles. The van der Waals surface area contributed by atoms with Gasteiger partial charge in [-0.25, -0.2) is 12.8 Å². The van der Waals surface area contributed by atoms with E-state index >= 15 is 0 Å². The summed E-state index contributed by atoms with van der Waals surface area (Å²) in [5, 5.41) is 0. The van der Waals surface area contributed by atoms with E-state index in [1.165, 1.54) is 16.4 Å². The van der Waals surface area contributed by atoms with E-state index in [0.717, 1.165) is 19.3 Å². The fourth-order valence-electron chi connectivity index (χ4n) is 2.34. The van der Waals surface area contributed by atoms with Crippen molar-refractivity contribution in [1.29, 1.82) is 0 Å². The molecule has 0 aliphatic carbocycles. The molecule has 1 aliphatic heterocycles. The summed E-state index contributed by atoms with van der Waals surface area (Å²) in [4.78, 5) is -0.231. The second-order valence-corrected chi connectivity index (χ2v) is 7.17. The third kappa shape index (κ3) is 2.46. The van der Waals surface area contributed by atoms with Gasteiger partial charge >= 0.3 is 0 Å². The summed E-state index contributed by atoms with van der Waals surface area (Å²) in [6.45, 7) is 2.44. The Balaban J connectivity index is 2.42. The maximum absolute atomic E-state index is 13.8. The number of hydrogen-bond donors (Lipinski definition) is 0. The van der Waals surface area contributed by atoms with Crippen LogP contribution < -0.4 is 0 Å². The van der Waals surface area contributed by atoms with Crippen LogP contribution in [0.25, 0.3) is 0 Å². The SMILES string of the molecule is CCC1CCCN1S(=O)(=O)c1ccc(Br)cc1F. The maximum Gasteiger partial charge on any atom is 0.246 e. The van der Waals surface area contributed by atoms with Gasteiger partial charge in [-0.3, -0.25) is 0 Å². The summed E-state index contributed by atoms with van der Waals surface area (Å²) in [5.41, 5.74) is 0. The number of rotatable bonds is 3. The molecule has 0 radical (unpaired) electrons. The standard InChI is InChI=1S/C12H15BrFNO2S/c1-2-10-4-3-7-15(10)18(16,17)12-6-5-9(13)8-11(12)14/h5-6,8,10H,2-4,7H2,1H3. The van der Waals surface area contributed by atoms with E-state index < -0.39 is 15.8 Å². The van der Waals surface area contributed by atoms with Crippen LogP contribution in [0.2, 0.25) is 0 Å². The van der Waals surface area contributed by atoms with Crippen LogP contribution in [-0.2, 0) is 10.0 Å². The highest BCUT2D eigenvalue weighted by Crippen LogP contribution is 2.29. The van der Waals surface area contributed by atoms with Gasteiger partial charge in [0.15, 0.2) is 0 Å². The van der Waals surface area contributed by atoms with Crippen molar-refractivity contribution < 1.29 is 12.8 Å². The van der Waals surface area contributed by atoms with Gasteiger partial charge in [0.25, 0.3) is 0 Å². The Labute approximate surface area is 115 Å². The molecule has 2 rings (SSSR count). The smallest absolute Gasteiger partial charge is 0.207 e. The van der Waals surface area contributed by atoms with Gasteiger partial charge < -0.3 is 0 Å². The predicted octanol–water partition coefficient (Wildman–Crippen LogP) is 3.15. The van der Waals surface area contributed by atoms with E-state index in [2.05, 4.69) is 15.9 Å². The molecule has 1 saturated heterocycles. The molecular weight excluding hydrogens is 321 g/mol. The van der Waals surface area contributed by atoms with E-state index in [4.69, 9.17) is 0 Å². The Morgan fingerprint density at radius 2 is 2.22 bits per heavy atom. The molecular formula is C12H15BrFNO2S. The van der Waals surface area contributed by atoms with E-state index in [-0.39, 0.29) is 10.9 Å². The second-order valence-electron chi connectivity index (χ2n) is 4.39. The van der Waals surface area contributed by atoms with Gasteiger partial charge in [0, 0.05) is 17.1 Å². The molecule has 0 bridgehead atoms. The average molecular weight is 336 g/mol. The third-order valence-electron chi connectivity index (χ3n) is 3.27. The number of hydrogen-bond acceptors (Lipinski definition) is 2. The molecule has 0 amide bonds. The van der Waals surface area contributed by atoms with Crippen molar-refractivity contribution in [2.75, 3.05) is 6.54 Å². The molecule has 0 N–H and O–H groups in total. The molecule has 1 atom stereocenters. The number of nitrogens with zero attached hydrogens (tertiary/aromatic N) is 1. The van der Waals surface area contributed by atoms with Gasteiger partial charge in [0.05, 0.1) is 0 Å². The van der Waals surface area contributed by atoms with Gasteiger partial charge in [-0.05, 0) is 37.5 Å². The van der Waals surface area contributed by atoms with Crippen LogP contribution in [0.5, 0.6) is 0 Å². The predicted molar refractivity (Wildman–Crippen MR) is 71.3 cm³/mol. The molecule has 3 nitrogen and oxygen atoms in total. The van der Waals surface area contributed by atoms with Crippen LogP contribution in [-0.4, -0.2) is 25.3 Å². The molecule has 100 valence electrons. The van der Waals surface area contributed by atoms with Crippen molar-refractivity contribution >= 4 is 26.0 Å². The Hall–Kier alpha value is -0.460. The first-order valence-corrected chi connectivity index (χ1v) is 8.17. The van der Waals surface area contributed by atoms with Crippen molar-refractivity contribution in [2.24, 2.45) is 0 Å². The third-order valence-corrected chi connectivity index (χ3v) is 5.75. The summed E-state index contributed by atoms with van der Waals surface area (Å²) in [6, 6.07) is 4.05. The summed E-state index contributed by atoms with van der Waals surface area (Å²) in [6.07, 6.45) is 2.46. The molecule has 1 aliphatic rings. The highest BCUT2D eigenvalue weighted by molar-refractivity contribution is 9.10. The Morgan fingerprint density at radius 3 is 2.83 bits per heavy atom. The minimum Gasteiger partial charge on any atom is -0.207 e. The minimum absolute atomic E-state index is 0.00181. The topological polar surface area (TPSA) is 37.4 Å². The maximum atomic E-state index is 13.8. The first-order chi connectivity index (χ1) is 8.46. The van der Waals surface area contributed by atoms with Gasteiger partial charge in [-0.15, -0.1) is 0 Å². The van der Waals surface area contributed by atoms with Crippen molar-refractivity contribution in [3.05, 3.63) is 28.5 Å². The fourth-order valence-corrected chi connectivity index (χ4v) is 4.49. The van der Waals surface area contributed by atoms with Crippen LogP contribution >= 0.6 is 15.9 Å². The van der Waals surface area contributed by atoms with Gasteiger partial charge in [-0.1, -0.05) is 22.9 Å². The molecule has 0 spiro atoms. The molecule has 18 heavy (non-hydrogen) atoms. The summed E-state index contributed by atoms with van der Waals surface area (Å²) in [7, 11) is -3.71. The van der Waals surface area contributed by atoms with E-state index in [1.807, 2.05) is 6.92 Å². The molecule has 1 unspecified atom stereocenters. The average Bonchev–Trinajstić information content (AvgIpc) is 2.76. The molecule has 1 aromatic carbocycles. The first-order valence-electron chi connectivity index (χ1n) is 5.93. The summed E-state index contributed by atoms with van der Waals surface area (Å²) >= 11 is 3.12. The van der Waals surface area contributed by atoms with Crippen LogP contribution in [0.15, 0.2) is 27.6 Å². The number of benzene rings is 1. The Bertz CT molecular complexity index is 547. The highest BCUT2D eigenvalue weighted by Gasteiger charge is 2.35. The van der Waals surface area contributed by atoms with Crippen LogP contribution in [0.1, 0.15) is 26.2 Å². The first kappa shape index (κ1) is 14.0. The molecule has 6 heteroatoms. The van der Waals surface area contributed by atoms with Crippen LogP contribution in [0.3, 0.4) is 0 Å². The van der Waals surface area contributed by atoms with Gasteiger partial charge in [-0.2, -0.15) is 4.31 Å². The van der Waals surface area contributed by atoms with Crippen molar-refractivity contribution in [3.8, 4) is 0 Å². The van der Waals surface area contributed by atoms with Gasteiger partial charge in [0.2, 0.25) is 10.0 Å². The quantitative estimate of drug-likeness (QED) is 0.850. The monoisotopic (exact) mass is 335 g/mol. The zero-order chi connectivity index (χ0) is 13.3. The van der Waals surface area contributed by atoms with E-state index in [9.17, 15) is 12.8 Å². The normalized spacial score (nSPS) is 21.4. The fraction of sp³-hybridized carbons (Fsp3) is 0.500. The van der Waals surface area contributed by atoms with Crippen molar-refractivity contribution in [2.45, 2.75) is 37.1 Å². The Morgan fingerprint density at radius 1 is 1.50 bits per heavy atom. The summed E-state index contributed by atoms with van der Waals surface area (Å²) < 4.78 is 40.6. The molecule has 1 aromatic rings. The zero-order valence-electron chi connectivity index (χ0n) is 10.1. The molecule has 1 fully saturated rings. The lowest BCUT2D eigenvalue weighted by Crippen LogP contribution is -2.35. The second kappa shape index (κ2) is 5.27. The lowest BCUT2D eigenvalue weighted by molar-refractivity contribution is 0.377. The largest absolute Gasteiger partial charge is 0.246 e. The van der Waals surface area contributed by atoms with Crippen LogP contribution in [0, 0.1) is 5.82 Å². The minimum atomic E-state index is -3.71. The highest BCUT2D eigenvalue weighted by atomic mass is 79.9. The lowest BCUT2D eigenvalue weighted by Gasteiger charge is -2.23.